The van der Waals surface area contributed by atoms with Gasteiger partial charge in [-0.25, -0.2) is 0 Å². The van der Waals surface area contributed by atoms with E-state index in [9.17, 15) is 0 Å². The molecule has 1 aliphatic rings. The third-order valence-electron chi connectivity index (χ3n) is 3.64. The first-order valence-corrected chi connectivity index (χ1v) is 6.24. The number of rotatable bonds is 2. The second-order valence-electron chi connectivity index (χ2n) is 4.71. The number of benzene rings is 1. The lowest BCUT2D eigenvalue weighted by atomic mass is 10.0. The van der Waals surface area contributed by atoms with Crippen LogP contribution in [0.2, 0.25) is 0 Å². The Labute approximate surface area is 98.9 Å². The van der Waals surface area contributed by atoms with Gasteiger partial charge in [-0.1, -0.05) is 19.1 Å². The van der Waals surface area contributed by atoms with Gasteiger partial charge in [0.2, 0.25) is 0 Å². The molecular formula is C14H22N2. The molecule has 0 aromatic heterocycles. The van der Waals surface area contributed by atoms with Gasteiger partial charge < -0.3 is 9.80 Å². The number of hydrogen-bond acceptors (Lipinski definition) is 2. The van der Waals surface area contributed by atoms with Crippen molar-refractivity contribution in [2.45, 2.75) is 20.3 Å². The topological polar surface area (TPSA) is 6.48 Å². The SMILES string of the molecule is CCc1cccc(N2CCN(C)CC2)c1C. The summed E-state index contributed by atoms with van der Waals surface area (Å²) in [7, 11) is 2.20. The third kappa shape index (κ3) is 2.22. The Kier molecular flexibility index (Phi) is 3.49. The molecular weight excluding hydrogens is 196 g/mol. The van der Waals surface area contributed by atoms with Crippen molar-refractivity contribution in [3.05, 3.63) is 29.3 Å². The lowest BCUT2D eigenvalue weighted by molar-refractivity contribution is 0.312. The van der Waals surface area contributed by atoms with Crippen LogP contribution in [0.25, 0.3) is 0 Å². The molecule has 2 heteroatoms. The van der Waals surface area contributed by atoms with Crippen molar-refractivity contribution >= 4 is 5.69 Å². The maximum Gasteiger partial charge on any atom is 0.0399 e. The smallest absolute Gasteiger partial charge is 0.0399 e. The molecule has 0 amide bonds. The van der Waals surface area contributed by atoms with E-state index < -0.39 is 0 Å². The van der Waals surface area contributed by atoms with E-state index in [0.717, 1.165) is 19.5 Å². The van der Waals surface area contributed by atoms with Gasteiger partial charge in [0.1, 0.15) is 0 Å². The Hall–Kier alpha value is -1.02. The minimum absolute atomic E-state index is 1.13. The fourth-order valence-electron chi connectivity index (χ4n) is 2.44. The molecule has 0 N–H and O–H groups in total. The molecule has 0 saturated carbocycles. The minimum atomic E-state index is 1.13. The number of hydrogen-bond donors (Lipinski definition) is 0. The van der Waals surface area contributed by atoms with Crippen LogP contribution in [0.15, 0.2) is 18.2 Å². The standard InChI is InChI=1S/C14H22N2/c1-4-13-6-5-7-14(12(13)2)16-10-8-15(3)9-11-16/h5-7H,4,8-11H2,1-3H3. The van der Waals surface area contributed by atoms with E-state index in [1.165, 1.54) is 29.9 Å². The maximum absolute atomic E-state index is 2.52. The van der Waals surface area contributed by atoms with Gasteiger partial charge in [0.15, 0.2) is 0 Å². The highest BCUT2D eigenvalue weighted by Crippen LogP contribution is 2.24. The monoisotopic (exact) mass is 218 g/mol. The summed E-state index contributed by atoms with van der Waals surface area (Å²) in [5.41, 5.74) is 4.39. The summed E-state index contributed by atoms with van der Waals surface area (Å²) in [6.07, 6.45) is 1.13. The van der Waals surface area contributed by atoms with Crippen LogP contribution < -0.4 is 4.90 Å². The van der Waals surface area contributed by atoms with Crippen LogP contribution >= 0.6 is 0 Å². The second kappa shape index (κ2) is 4.88. The summed E-state index contributed by atoms with van der Waals surface area (Å²) in [5.74, 6) is 0. The zero-order chi connectivity index (χ0) is 11.5. The zero-order valence-corrected chi connectivity index (χ0v) is 10.7. The lowest BCUT2D eigenvalue weighted by Gasteiger charge is -2.35. The van der Waals surface area contributed by atoms with Crippen molar-refractivity contribution < 1.29 is 0 Å². The molecule has 0 radical (unpaired) electrons. The van der Waals surface area contributed by atoms with E-state index >= 15 is 0 Å². The van der Waals surface area contributed by atoms with Crippen LogP contribution in [-0.4, -0.2) is 38.1 Å². The number of piperazine rings is 1. The minimum Gasteiger partial charge on any atom is -0.369 e. The largest absolute Gasteiger partial charge is 0.369 e. The highest BCUT2D eigenvalue weighted by Gasteiger charge is 2.16. The van der Waals surface area contributed by atoms with Crippen LogP contribution in [0.1, 0.15) is 18.1 Å². The number of nitrogens with zero attached hydrogens (tertiary/aromatic N) is 2. The van der Waals surface area contributed by atoms with E-state index in [4.69, 9.17) is 0 Å². The Morgan fingerprint density at radius 1 is 1.12 bits per heavy atom. The van der Waals surface area contributed by atoms with E-state index in [0.29, 0.717) is 0 Å². The summed E-state index contributed by atoms with van der Waals surface area (Å²) >= 11 is 0. The molecule has 1 aromatic rings. The lowest BCUT2D eigenvalue weighted by Crippen LogP contribution is -2.44. The molecule has 1 fully saturated rings. The average molecular weight is 218 g/mol. The molecule has 0 spiro atoms. The first-order valence-electron chi connectivity index (χ1n) is 6.24. The first-order chi connectivity index (χ1) is 7.72. The molecule has 1 heterocycles. The Morgan fingerprint density at radius 3 is 2.44 bits per heavy atom. The second-order valence-corrected chi connectivity index (χ2v) is 4.71. The summed E-state index contributed by atoms with van der Waals surface area (Å²) in [4.78, 5) is 4.92. The molecule has 0 bridgehead atoms. The van der Waals surface area contributed by atoms with Crippen molar-refractivity contribution in [3.8, 4) is 0 Å². The van der Waals surface area contributed by atoms with Crippen LogP contribution in [0.4, 0.5) is 5.69 Å². The molecule has 0 atom stereocenters. The summed E-state index contributed by atoms with van der Waals surface area (Å²) in [5, 5.41) is 0. The van der Waals surface area contributed by atoms with Gasteiger partial charge in [-0.3, -0.25) is 0 Å². The Morgan fingerprint density at radius 2 is 1.81 bits per heavy atom. The average Bonchev–Trinajstić information content (AvgIpc) is 2.31. The highest BCUT2D eigenvalue weighted by molar-refractivity contribution is 5.56. The molecule has 2 nitrogen and oxygen atoms in total. The van der Waals surface area contributed by atoms with Gasteiger partial charge >= 0.3 is 0 Å². The first kappa shape index (κ1) is 11.5. The molecule has 0 unspecified atom stereocenters. The quantitative estimate of drug-likeness (QED) is 0.751. The zero-order valence-electron chi connectivity index (χ0n) is 10.7. The summed E-state index contributed by atoms with van der Waals surface area (Å²) in [6, 6.07) is 6.70. The van der Waals surface area contributed by atoms with Crippen LogP contribution in [0, 0.1) is 6.92 Å². The van der Waals surface area contributed by atoms with Crippen LogP contribution in [0.3, 0.4) is 0 Å². The summed E-state index contributed by atoms with van der Waals surface area (Å²) < 4.78 is 0. The van der Waals surface area contributed by atoms with E-state index in [2.05, 4.69) is 48.9 Å². The number of anilines is 1. The Balaban J connectivity index is 2.20. The van der Waals surface area contributed by atoms with Crippen molar-refractivity contribution in [1.29, 1.82) is 0 Å². The van der Waals surface area contributed by atoms with Crippen LogP contribution in [0.5, 0.6) is 0 Å². The normalized spacial score (nSPS) is 17.8. The predicted molar refractivity (Wildman–Crippen MR) is 70.3 cm³/mol. The predicted octanol–water partition coefficient (Wildman–Crippen LogP) is 2.31. The highest BCUT2D eigenvalue weighted by atomic mass is 15.2. The van der Waals surface area contributed by atoms with Gasteiger partial charge in [-0.05, 0) is 37.6 Å². The third-order valence-corrected chi connectivity index (χ3v) is 3.64. The molecule has 2 rings (SSSR count). The Bertz CT molecular complexity index is 352. The van der Waals surface area contributed by atoms with E-state index in [-0.39, 0.29) is 0 Å². The molecule has 1 saturated heterocycles. The molecule has 1 aromatic carbocycles. The fourth-order valence-corrected chi connectivity index (χ4v) is 2.44. The van der Waals surface area contributed by atoms with E-state index in [1.54, 1.807) is 0 Å². The molecule has 0 aliphatic carbocycles. The molecule has 16 heavy (non-hydrogen) atoms. The fraction of sp³-hybridized carbons (Fsp3) is 0.571. The molecule has 1 aliphatic heterocycles. The van der Waals surface area contributed by atoms with Gasteiger partial charge in [-0.2, -0.15) is 0 Å². The van der Waals surface area contributed by atoms with Crippen LogP contribution in [-0.2, 0) is 6.42 Å². The van der Waals surface area contributed by atoms with Gasteiger partial charge in [0.05, 0.1) is 0 Å². The van der Waals surface area contributed by atoms with Gasteiger partial charge in [0, 0.05) is 31.9 Å². The summed E-state index contributed by atoms with van der Waals surface area (Å²) in [6.45, 7) is 9.16. The van der Waals surface area contributed by atoms with Crippen molar-refractivity contribution in [3.63, 3.8) is 0 Å². The van der Waals surface area contributed by atoms with Gasteiger partial charge in [0.25, 0.3) is 0 Å². The van der Waals surface area contributed by atoms with Crippen molar-refractivity contribution in [2.75, 3.05) is 38.1 Å². The van der Waals surface area contributed by atoms with E-state index in [1.807, 2.05) is 0 Å². The van der Waals surface area contributed by atoms with Gasteiger partial charge in [-0.15, -0.1) is 0 Å². The number of likely N-dealkylation sites (N-methyl/N-ethyl adjacent to an activating group) is 1. The molecule has 88 valence electrons. The van der Waals surface area contributed by atoms with Crippen molar-refractivity contribution in [1.82, 2.24) is 4.90 Å². The number of aryl methyl sites for hydroxylation is 1. The van der Waals surface area contributed by atoms with Crippen molar-refractivity contribution in [2.24, 2.45) is 0 Å². The maximum atomic E-state index is 2.52.